The molecule has 0 radical (unpaired) electrons. The van der Waals surface area contributed by atoms with Gasteiger partial charge in [0.05, 0.1) is 35.4 Å². The Balaban J connectivity index is 1.43. The van der Waals surface area contributed by atoms with Crippen molar-refractivity contribution in [1.82, 2.24) is 4.98 Å². The van der Waals surface area contributed by atoms with Crippen LogP contribution in [0, 0.1) is 11.8 Å². The average Bonchev–Trinajstić information content (AvgIpc) is 3.88. The van der Waals surface area contributed by atoms with Gasteiger partial charge in [0.15, 0.2) is 11.5 Å². The van der Waals surface area contributed by atoms with Crippen LogP contribution in [0.1, 0.15) is 58.8 Å². The molecule has 1 atom stereocenters. The average molecular weight is 608 g/mol. The van der Waals surface area contributed by atoms with E-state index in [0.717, 1.165) is 25.7 Å². The summed E-state index contributed by atoms with van der Waals surface area (Å²) in [5, 5.41) is 10.4. The lowest BCUT2D eigenvalue weighted by Crippen LogP contribution is -2.16. The van der Waals surface area contributed by atoms with E-state index in [-0.39, 0.29) is 40.1 Å². The van der Waals surface area contributed by atoms with Crippen LogP contribution in [0.4, 0.5) is 8.78 Å². The number of carbonyl (C=O) groups is 1. The Morgan fingerprint density at radius 2 is 1.56 bits per heavy atom. The van der Waals surface area contributed by atoms with Crippen molar-refractivity contribution in [2.75, 3.05) is 13.2 Å². The minimum absolute atomic E-state index is 0.0679. The van der Waals surface area contributed by atoms with Crippen LogP contribution in [-0.4, -0.2) is 35.9 Å². The number of aliphatic hydroxyl groups excluding tert-OH is 1. The summed E-state index contributed by atoms with van der Waals surface area (Å²) in [6.07, 6.45) is 6.24. The SMILES string of the molecule is O=C(OC(Cc1c(Cl)cncc1Cl)c1ccc(OC(F)F)c(OCC2CC2)c1)c1ccc(OCC2CC2)c(CO)c1. The van der Waals surface area contributed by atoms with Crippen LogP contribution < -0.4 is 14.2 Å². The Kier molecular flexibility index (Phi) is 9.47. The summed E-state index contributed by atoms with van der Waals surface area (Å²) >= 11 is 12.8. The van der Waals surface area contributed by atoms with Gasteiger partial charge in [0.2, 0.25) is 0 Å². The molecule has 3 aromatic rings. The van der Waals surface area contributed by atoms with E-state index < -0.39 is 18.7 Å². The molecule has 2 aliphatic carbocycles. The first-order valence-electron chi connectivity index (χ1n) is 13.4. The smallest absolute Gasteiger partial charge is 0.387 e. The molecule has 2 aromatic carbocycles. The number of ether oxygens (including phenoxy) is 4. The molecule has 1 heterocycles. The van der Waals surface area contributed by atoms with Crippen LogP contribution in [0.15, 0.2) is 48.8 Å². The number of hydrogen-bond donors (Lipinski definition) is 1. The fourth-order valence-electron chi connectivity index (χ4n) is 4.23. The largest absolute Gasteiger partial charge is 0.493 e. The summed E-state index contributed by atoms with van der Waals surface area (Å²) in [6.45, 7) is -2.44. The summed E-state index contributed by atoms with van der Waals surface area (Å²) in [5.74, 6) is 0.710. The van der Waals surface area contributed by atoms with Crippen molar-refractivity contribution in [2.45, 2.75) is 51.4 Å². The van der Waals surface area contributed by atoms with Crippen molar-refractivity contribution < 1.29 is 37.6 Å². The molecular formula is C30H29Cl2F2NO6. The van der Waals surface area contributed by atoms with Crippen molar-refractivity contribution in [3.63, 3.8) is 0 Å². The molecule has 7 nitrogen and oxygen atoms in total. The van der Waals surface area contributed by atoms with Gasteiger partial charge in [-0.05, 0) is 79.0 Å². The first-order chi connectivity index (χ1) is 19.8. The Morgan fingerprint density at radius 3 is 2.17 bits per heavy atom. The highest BCUT2D eigenvalue weighted by Crippen LogP contribution is 2.38. The number of benzene rings is 2. The van der Waals surface area contributed by atoms with Crippen molar-refractivity contribution >= 4 is 29.2 Å². The molecule has 0 spiro atoms. The highest BCUT2D eigenvalue weighted by atomic mass is 35.5. The maximum atomic E-state index is 13.4. The van der Waals surface area contributed by atoms with Crippen LogP contribution in [0.5, 0.6) is 17.2 Å². The monoisotopic (exact) mass is 607 g/mol. The predicted octanol–water partition coefficient (Wildman–Crippen LogP) is 7.20. The van der Waals surface area contributed by atoms with E-state index in [9.17, 15) is 18.7 Å². The van der Waals surface area contributed by atoms with Crippen LogP contribution in [0.2, 0.25) is 10.0 Å². The van der Waals surface area contributed by atoms with Gasteiger partial charge in [-0.1, -0.05) is 29.3 Å². The lowest BCUT2D eigenvalue weighted by Gasteiger charge is -2.22. The molecule has 218 valence electrons. The number of hydrogen-bond acceptors (Lipinski definition) is 7. The fraction of sp³-hybridized carbons (Fsp3) is 0.400. The van der Waals surface area contributed by atoms with Gasteiger partial charge < -0.3 is 24.1 Å². The Hall–Kier alpha value is -3.14. The number of esters is 1. The first kappa shape index (κ1) is 29.4. The quantitative estimate of drug-likeness (QED) is 0.194. The van der Waals surface area contributed by atoms with Crippen molar-refractivity contribution in [3.05, 3.63) is 81.1 Å². The summed E-state index contributed by atoms with van der Waals surface area (Å²) in [7, 11) is 0. The van der Waals surface area contributed by atoms with Gasteiger partial charge >= 0.3 is 12.6 Å². The number of rotatable bonds is 14. The molecule has 1 unspecified atom stereocenters. The first-order valence-corrected chi connectivity index (χ1v) is 14.1. The molecular weight excluding hydrogens is 579 g/mol. The molecule has 2 aliphatic rings. The minimum Gasteiger partial charge on any atom is -0.493 e. The number of carbonyl (C=O) groups excluding carboxylic acids is 1. The van der Waals surface area contributed by atoms with Gasteiger partial charge in [-0.3, -0.25) is 4.98 Å². The molecule has 0 aliphatic heterocycles. The molecule has 1 aromatic heterocycles. The van der Waals surface area contributed by atoms with E-state index in [1.807, 2.05) is 0 Å². The Labute approximate surface area is 246 Å². The highest BCUT2D eigenvalue weighted by Gasteiger charge is 2.27. The molecule has 1 N–H and O–H groups in total. The van der Waals surface area contributed by atoms with E-state index in [1.165, 1.54) is 36.7 Å². The normalized spacial score (nSPS) is 15.5. The molecule has 0 amide bonds. The molecule has 11 heteroatoms. The van der Waals surface area contributed by atoms with E-state index in [4.69, 9.17) is 37.4 Å². The standard InChI is InChI=1S/C30H29Cl2F2NO6/c31-23-12-35-13-24(32)22(23)11-27(19-5-8-26(41-30(33)34)28(10-19)39-16-18-3-4-18)40-29(37)20-6-7-25(21(9-20)14-36)38-15-17-1-2-17/h5-10,12-13,17-18,27,30,36H,1-4,11,14-16H2. The molecule has 0 bridgehead atoms. The van der Waals surface area contributed by atoms with E-state index in [1.54, 1.807) is 12.1 Å². The highest BCUT2D eigenvalue weighted by molar-refractivity contribution is 6.35. The van der Waals surface area contributed by atoms with Crippen molar-refractivity contribution in [2.24, 2.45) is 11.8 Å². The third kappa shape index (κ3) is 7.99. The maximum Gasteiger partial charge on any atom is 0.387 e. The molecule has 5 rings (SSSR count). The topological polar surface area (TPSA) is 87.1 Å². The zero-order chi connectivity index (χ0) is 28.9. The number of halogens is 4. The van der Waals surface area contributed by atoms with Crippen LogP contribution in [-0.2, 0) is 17.8 Å². The second kappa shape index (κ2) is 13.2. The third-order valence-electron chi connectivity index (χ3n) is 6.96. The maximum absolute atomic E-state index is 13.4. The van der Waals surface area contributed by atoms with Gasteiger partial charge in [0, 0.05) is 24.4 Å². The summed E-state index contributed by atoms with van der Waals surface area (Å²) in [4.78, 5) is 17.4. The van der Waals surface area contributed by atoms with Crippen LogP contribution in [0.25, 0.3) is 0 Å². The van der Waals surface area contributed by atoms with Gasteiger partial charge in [0.1, 0.15) is 11.9 Å². The number of aliphatic hydroxyl groups is 1. The van der Waals surface area contributed by atoms with Gasteiger partial charge in [-0.15, -0.1) is 0 Å². The number of alkyl halides is 2. The Morgan fingerprint density at radius 1 is 0.927 bits per heavy atom. The second-order valence-corrected chi connectivity index (χ2v) is 11.1. The molecule has 0 saturated heterocycles. The zero-order valence-corrected chi connectivity index (χ0v) is 23.5. The predicted molar refractivity (Wildman–Crippen MR) is 148 cm³/mol. The lowest BCUT2D eigenvalue weighted by atomic mass is 10.0. The summed E-state index contributed by atoms with van der Waals surface area (Å²) in [6, 6.07) is 9.13. The number of aromatic nitrogens is 1. The van der Waals surface area contributed by atoms with Gasteiger partial charge in [-0.25, -0.2) is 4.79 Å². The molecule has 2 saturated carbocycles. The van der Waals surface area contributed by atoms with Gasteiger partial charge in [-0.2, -0.15) is 8.78 Å². The fourth-order valence-corrected chi connectivity index (χ4v) is 4.75. The molecule has 41 heavy (non-hydrogen) atoms. The molecule has 2 fully saturated rings. The zero-order valence-electron chi connectivity index (χ0n) is 22.0. The minimum atomic E-state index is -3.04. The summed E-state index contributed by atoms with van der Waals surface area (Å²) in [5.41, 5.74) is 1.62. The van der Waals surface area contributed by atoms with Crippen molar-refractivity contribution in [1.29, 1.82) is 0 Å². The van der Waals surface area contributed by atoms with Gasteiger partial charge in [0.25, 0.3) is 0 Å². The van der Waals surface area contributed by atoms with Crippen LogP contribution >= 0.6 is 23.2 Å². The summed E-state index contributed by atoms with van der Waals surface area (Å²) < 4.78 is 48.4. The van der Waals surface area contributed by atoms with Crippen molar-refractivity contribution in [3.8, 4) is 17.2 Å². The van der Waals surface area contributed by atoms with E-state index >= 15 is 0 Å². The van der Waals surface area contributed by atoms with E-state index in [2.05, 4.69) is 9.72 Å². The third-order valence-corrected chi connectivity index (χ3v) is 7.61. The number of nitrogens with zero attached hydrogens (tertiary/aromatic N) is 1. The lowest BCUT2D eigenvalue weighted by molar-refractivity contribution is -0.0515. The van der Waals surface area contributed by atoms with Crippen LogP contribution in [0.3, 0.4) is 0 Å². The second-order valence-electron chi connectivity index (χ2n) is 10.3. The number of pyridine rings is 1. The Bertz CT molecular complexity index is 1360. The van der Waals surface area contributed by atoms with E-state index in [0.29, 0.717) is 47.5 Å².